The van der Waals surface area contributed by atoms with Crippen LogP contribution in [0, 0.1) is 11.8 Å². The van der Waals surface area contributed by atoms with Crippen molar-refractivity contribution in [3.05, 3.63) is 0 Å². The molecule has 0 aromatic rings. The molecule has 194 valence electrons. The number of epoxide rings is 3. The molecule has 5 rings (SSSR count). The van der Waals surface area contributed by atoms with E-state index < -0.39 is 6.10 Å². The van der Waals surface area contributed by atoms with Crippen LogP contribution in [-0.2, 0) is 28.5 Å². The van der Waals surface area contributed by atoms with Gasteiger partial charge in [0.05, 0.1) is 56.4 Å². The molecule has 5 fully saturated rings. The van der Waals surface area contributed by atoms with Crippen LogP contribution in [0.5, 0.6) is 0 Å². The highest BCUT2D eigenvalue weighted by molar-refractivity contribution is 5.69. The van der Waals surface area contributed by atoms with Crippen LogP contribution in [0.25, 0.3) is 0 Å². The summed E-state index contributed by atoms with van der Waals surface area (Å²) < 4.78 is 28.7. The second-order valence-electron chi connectivity index (χ2n) is 11.3. The first-order chi connectivity index (χ1) is 16.7. The van der Waals surface area contributed by atoms with Crippen LogP contribution in [0.2, 0.25) is 0 Å². The van der Waals surface area contributed by atoms with E-state index in [2.05, 4.69) is 0 Å². The molecule has 1 N–H and O–H groups in total. The fourth-order valence-corrected chi connectivity index (χ4v) is 6.09. The monoisotopic (exact) mass is 480 g/mol. The Morgan fingerprint density at radius 3 is 2.00 bits per heavy atom. The van der Waals surface area contributed by atoms with Crippen molar-refractivity contribution < 1.29 is 33.6 Å². The van der Waals surface area contributed by atoms with Crippen molar-refractivity contribution >= 4 is 5.97 Å². The lowest BCUT2D eigenvalue weighted by Crippen LogP contribution is -2.46. The topological polar surface area (TPSA) is 93.4 Å². The van der Waals surface area contributed by atoms with Crippen LogP contribution in [0.1, 0.15) is 89.9 Å². The molecule has 7 heteroatoms. The smallest absolute Gasteiger partial charge is 0.306 e. The first kappa shape index (κ1) is 24.9. The third-order valence-electron chi connectivity index (χ3n) is 8.53. The SMILES string of the molecule is O=C(CCCCCCCCC1CO1)OC1CC(C2CO2)CCC1OC1CCC(C2CO2)CC1O. The van der Waals surface area contributed by atoms with E-state index in [1.807, 2.05) is 0 Å². The van der Waals surface area contributed by atoms with Crippen molar-refractivity contribution in [3.8, 4) is 0 Å². The molecule has 2 saturated carbocycles. The molecule has 0 bridgehead atoms. The number of unbranched alkanes of at least 4 members (excludes halogenated alkanes) is 5. The molecular formula is C27H44O7. The number of hydrogen-bond acceptors (Lipinski definition) is 7. The maximum Gasteiger partial charge on any atom is 0.306 e. The van der Waals surface area contributed by atoms with Gasteiger partial charge in [-0.05, 0) is 63.2 Å². The van der Waals surface area contributed by atoms with Gasteiger partial charge in [0.1, 0.15) is 6.10 Å². The summed E-state index contributed by atoms with van der Waals surface area (Å²) >= 11 is 0. The second-order valence-corrected chi connectivity index (χ2v) is 11.3. The summed E-state index contributed by atoms with van der Waals surface area (Å²) in [6.45, 7) is 2.63. The van der Waals surface area contributed by atoms with Crippen LogP contribution in [-0.4, -0.2) is 73.6 Å². The van der Waals surface area contributed by atoms with Gasteiger partial charge in [0.15, 0.2) is 0 Å². The number of aliphatic hydroxyl groups is 1. The Morgan fingerprint density at radius 2 is 1.35 bits per heavy atom. The Labute approximate surface area is 204 Å². The number of rotatable bonds is 14. The van der Waals surface area contributed by atoms with Gasteiger partial charge >= 0.3 is 5.97 Å². The van der Waals surface area contributed by atoms with Crippen molar-refractivity contribution in [1.82, 2.24) is 0 Å². The van der Waals surface area contributed by atoms with E-state index in [1.165, 1.54) is 32.1 Å². The summed E-state index contributed by atoms with van der Waals surface area (Å²) in [7, 11) is 0. The zero-order chi connectivity index (χ0) is 23.3. The average Bonchev–Trinajstić information content (AvgIpc) is 3.69. The molecule has 3 saturated heterocycles. The maximum absolute atomic E-state index is 12.7. The fraction of sp³-hybridized carbons (Fsp3) is 0.963. The average molecular weight is 481 g/mol. The van der Waals surface area contributed by atoms with E-state index in [-0.39, 0.29) is 24.3 Å². The molecule has 5 aliphatic rings. The van der Waals surface area contributed by atoms with Crippen molar-refractivity contribution in [1.29, 1.82) is 0 Å². The third-order valence-corrected chi connectivity index (χ3v) is 8.53. The molecule has 7 nitrogen and oxygen atoms in total. The zero-order valence-electron chi connectivity index (χ0n) is 20.6. The molecular weight excluding hydrogens is 436 g/mol. The van der Waals surface area contributed by atoms with Gasteiger partial charge in [-0.25, -0.2) is 0 Å². The molecule has 9 atom stereocenters. The van der Waals surface area contributed by atoms with E-state index in [0.29, 0.717) is 36.6 Å². The summed E-state index contributed by atoms with van der Waals surface area (Å²) in [6, 6.07) is 0. The van der Waals surface area contributed by atoms with Crippen molar-refractivity contribution in [2.24, 2.45) is 11.8 Å². The van der Waals surface area contributed by atoms with Gasteiger partial charge in [-0.15, -0.1) is 0 Å². The Balaban J connectivity index is 1.02. The normalized spacial score (nSPS) is 41.1. The summed E-state index contributed by atoms with van der Waals surface area (Å²) in [5.41, 5.74) is 0. The minimum atomic E-state index is -0.458. The number of aliphatic hydroxyl groups excluding tert-OH is 1. The Bertz CT molecular complexity index is 645. The van der Waals surface area contributed by atoms with E-state index in [0.717, 1.165) is 71.2 Å². The van der Waals surface area contributed by atoms with Crippen LogP contribution >= 0.6 is 0 Å². The first-order valence-electron chi connectivity index (χ1n) is 14.0. The van der Waals surface area contributed by atoms with Crippen LogP contribution in [0.4, 0.5) is 0 Å². The molecule has 9 unspecified atom stereocenters. The molecule has 3 aliphatic heterocycles. The standard InChI is InChI=1S/C27H44O7/c28-21-13-18(25-16-31-25)9-11-22(21)33-23-12-10-19(26-17-32-26)14-24(23)34-27(29)8-6-4-2-1-3-5-7-20-15-30-20/h18-26,28H,1-17H2. The third kappa shape index (κ3) is 7.63. The van der Waals surface area contributed by atoms with E-state index >= 15 is 0 Å². The molecule has 34 heavy (non-hydrogen) atoms. The minimum Gasteiger partial charge on any atom is -0.460 e. The zero-order valence-corrected chi connectivity index (χ0v) is 20.6. The van der Waals surface area contributed by atoms with Gasteiger partial charge in [0, 0.05) is 6.42 Å². The summed E-state index contributed by atoms with van der Waals surface area (Å²) in [5.74, 6) is 0.807. The second kappa shape index (κ2) is 12.0. The molecule has 0 radical (unpaired) electrons. The molecule has 0 amide bonds. The first-order valence-corrected chi connectivity index (χ1v) is 14.0. The predicted molar refractivity (Wildman–Crippen MR) is 125 cm³/mol. The van der Waals surface area contributed by atoms with Gasteiger partial charge in [0.25, 0.3) is 0 Å². The number of carbonyl (C=O) groups excluding carboxylic acids is 1. The van der Waals surface area contributed by atoms with Crippen molar-refractivity contribution in [2.75, 3.05) is 19.8 Å². The number of carbonyl (C=O) groups is 1. The predicted octanol–water partition coefficient (Wildman–Crippen LogP) is 3.93. The minimum absolute atomic E-state index is 0.100. The van der Waals surface area contributed by atoms with Gasteiger partial charge in [-0.2, -0.15) is 0 Å². The number of ether oxygens (including phenoxy) is 5. The van der Waals surface area contributed by atoms with Crippen LogP contribution < -0.4 is 0 Å². The van der Waals surface area contributed by atoms with Gasteiger partial charge in [-0.3, -0.25) is 4.79 Å². The molecule has 0 aromatic carbocycles. The van der Waals surface area contributed by atoms with E-state index in [1.54, 1.807) is 0 Å². The van der Waals surface area contributed by atoms with Gasteiger partial charge in [-0.1, -0.05) is 32.1 Å². The highest BCUT2D eigenvalue weighted by Gasteiger charge is 2.44. The quantitative estimate of drug-likeness (QED) is 0.229. The molecule has 0 aromatic heterocycles. The van der Waals surface area contributed by atoms with Crippen molar-refractivity contribution in [3.63, 3.8) is 0 Å². The number of esters is 1. The summed E-state index contributed by atoms with van der Waals surface area (Å²) in [5, 5.41) is 10.7. The Morgan fingerprint density at radius 1 is 0.735 bits per heavy atom. The Hall–Kier alpha value is -0.730. The lowest BCUT2D eigenvalue weighted by molar-refractivity contribution is -0.179. The van der Waals surface area contributed by atoms with E-state index in [9.17, 15) is 9.90 Å². The maximum atomic E-state index is 12.7. The highest BCUT2D eigenvalue weighted by Crippen LogP contribution is 2.39. The molecule has 2 aliphatic carbocycles. The molecule has 0 spiro atoms. The Kier molecular flexibility index (Phi) is 8.81. The lowest BCUT2D eigenvalue weighted by Gasteiger charge is -2.40. The van der Waals surface area contributed by atoms with Crippen molar-refractivity contribution in [2.45, 2.75) is 133 Å². The van der Waals surface area contributed by atoms with Gasteiger partial charge < -0.3 is 28.8 Å². The van der Waals surface area contributed by atoms with Crippen LogP contribution in [0.3, 0.4) is 0 Å². The van der Waals surface area contributed by atoms with Crippen LogP contribution in [0.15, 0.2) is 0 Å². The fourth-order valence-electron chi connectivity index (χ4n) is 6.09. The highest BCUT2D eigenvalue weighted by atomic mass is 16.6. The van der Waals surface area contributed by atoms with Gasteiger partial charge in [0.2, 0.25) is 0 Å². The summed E-state index contributed by atoms with van der Waals surface area (Å²) in [6.07, 6.45) is 14.2. The molecule has 3 heterocycles. The number of hydrogen-bond donors (Lipinski definition) is 1. The summed E-state index contributed by atoms with van der Waals surface area (Å²) in [4.78, 5) is 12.7. The largest absolute Gasteiger partial charge is 0.460 e. The van der Waals surface area contributed by atoms with E-state index in [4.69, 9.17) is 23.7 Å². The lowest BCUT2D eigenvalue weighted by atomic mass is 9.81.